The predicted octanol–water partition coefficient (Wildman–Crippen LogP) is 6.54. The number of alkyl halides is 3. The smallest absolute Gasteiger partial charge is 0.475 e. The highest BCUT2D eigenvalue weighted by Gasteiger charge is 2.38. The fourth-order valence-electron chi connectivity index (χ4n) is 3.71. The Kier molecular flexibility index (Phi) is 10.3. The minimum absolute atomic E-state index is 0.106. The number of rotatable bonds is 5. The highest BCUT2D eigenvalue weighted by Crippen LogP contribution is 2.26. The number of H-pyrrole nitrogens is 2. The second-order valence-corrected chi connectivity index (χ2v) is 9.42. The van der Waals surface area contributed by atoms with E-state index in [0.29, 0.717) is 29.2 Å². The summed E-state index contributed by atoms with van der Waals surface area (Å²) in [6.07, 6.45) is -2.01. The Morgan fingerprint density at radius 3 is 1.77 bits per heavy atom. The molecule has 17 heteroatoms. The summed E-state index contributed by atoms with van der Waals surface area (Å²) in [5.41, 5.74) is 4.87. The number of anilines is 1. The zero-order chi connectivity index (χ0) is 31.0. The van der Waals surface area contributed by atoms with Crippen LogP contribution in [-0.4, -0.2) is 63.7 Å². The molecule has 6 rings (SSSR count). The Bertz CT molecular complexity index is 1760. The quantitative estimate of drug-likeness (QED) is 0.120. The van der Waals surface area contributed by atoms with Gasteiger partial charge >= 0.3 is 12.1 Å². The van der Waals surface area contributed by atoms with Gasteiger partial charge in [0, 0.05) is 12.5 Å². The summed E-state index contributed by atoms with van der Waals surface area (Å²) in [5, 5.41) is 11.1. The first-order chi connectivity index (χ1) is 20.5. The van der Waals surface area contributed by atoms with Gasteiger partial charge in [-0.2, -0.15) is 28.1 Å². The van der Waals surface area contributed by atoms with Crippen LogP contribution in [0.1, 0.15) is 17.0 Å². The molecule has 43 heavy (non-hydrogen) atoms. The van der Waals surface area contributed by atoms with E-state index in [1.165, 1.54) is 17.5 Å². The lowest BCUT2D eigenvalue weighted by Crippen LogP contribution is -2.21. The number of carboxylic acids is 1. The zero-order valence-electron chi connectivity index (χ0n) is 21.5. The van der Waals surface area contributed by atoms with Crippen LogP contribution in [0.2, 0.25) is 15.7 Å². The normalized spacial score (nSPS) is 11.0. The lowest BCUT2D eigenvalue weighted by molar-refractivity contribution is -0.192. The zero-order valence-corrected chi connectivity index (χ0v) is 23.8. The molecule has 0 fully saturated rings. The lowest BCUT2D eigenvalue weighted by Gasteiger charge is -2.19. The lowest BCUT2D eigenvalue weighted by atomic mass is 9.91. The predicted molar refractivity (Wildman–Crippen MR) is 155 cm³/mol. The van der Waals surface area contributed by atoms with Crippen molar-refractivity contribution in [2.24, 2.45) is 0 Å². The second kappa shape index (κ2) is 14.1. The van der Waals surface area contributed by atoms with Crippen LogP contribution < -0.4 is 5.32 Å². The minimum atomic E-state index is -5.08. The number of aliphatic carboxylic acids is 1. The molecule has 0 aliphatic rings. The maximum Gasteiger partial charge on any atom is 0.490 e. The summed E-state index contributed by atoms with van der Waals surface area (Å²) in [6.45, 7) is 0.676. The molecule has 222 valence electrons. The number of fused-ring (bicyclic) bond motifs is 2. The molecule has 4 aromatic heterocycles. The first-order valence-corrected chi connectivity index (χ1v) is 13.2. The van der Waals surface area contributed by atoms with E-state index in [1.807, 2.05) is 12.1 Å². The molecule has 2 aromatic carbocycles. The van der Waals surface area contributed by atoms with E-state index < -0.39 is 12.1 Å². The molecule has 0 spiro atoms. The highest BCUT2D eigenvalue weighted by atomic mass is 35.5. The van der Waals surface area contributed by atoms with Crippen LogP contribution in [0.3, 0.4) is 0 Å². The molecule has 0 unspecified atom stereocenters. The summed E-state index contributed by atoms with van der Waals surface area (Å²) in [6, 6.07) is 20.8. The number of imidazole rings is 2. The molecule has 0 atom stereocenters. The third-order valence-electron chi connectivity index (χ3n) is 5.59. The van der Waals surface area contributed by atoms with E-state index in [0.717, 1.165) is 5.52 Å². The molecule has 4 N–H and O–H groups in total. The summed E-state index contributed by atoms with van der Waals surface area (Å²) in [7, 11) is 0. The number of nitrogens with zero attached hydrogens (tertiary/aromatic N) is 6. The van der Waals surface area contributed by atoms with Gasteiger partial charge in [0.1, 0.15) is 11.0 Å². The van der Waals surface area contributed by atoms with E-state index in [2.05, 4.69) is 93.7 Å². The van der Waals surface area contributed by atoms with Gasteiger partial charge in [-0.25, -0.2) is 19.7 Å². The average Bonchev–Trinajstić information content (AvgIpc) is 3.64. The van der Waals surface area contributed by atoms with Gasteiger partial charge in [0.2, 0.25) is 10.6 Å². The van der Waals surface area contributed by atoms with Gasteiger partial charge in [0.25, 0.3) is 0 Å². The number of carbonyl (C=O) groups is 1. The van der Waals surface area contributed by atoms with Crippen molar-refractivity contribution >= 4 is 68.9 Å². The molecule has 6 aromatic rings. The average molecular weight is 653 g/mol. The number of carboxylic acid groups (broad SMARTS) is 1. The van der Waals surface area contributed by atoms with Gasteiger partial charge in [0.05, 0.1) is 12.7 Å². The maximum absolute atomic E-state index is 10.6. The summed E-state index contributed by atoms with van der Waals surface area (Å²) < 4.78 is 31.7. The number of aromatic nitrogens is 8. The highest BCUT2D eigenvalue weighted by molar-refractivity contribution is 6.35. The van der Waals surface area contributed by atoms with E-state index in [4.69, 9.17) is 44.7 Å². The Morgan fingerprint density at radius 2 is 1.26 bits per heavy atom. The molecular weight excluding hydrogens is 634 g/mol. The van der Waals surface area contributed by atoms with Crippen molar-refractivity contribution in [3.63, 3.8) is 0 Å². The van der Waals surface area contributed by atoms with Crippen LogP contribution in [0, 0.1) is 0 Å². The van der Waals surface area contributed by atoms with E-state index in [9.17, 15) is 13.2 Å². The fourth-order valence-corrected chi connectivity index (χ4v) is 4.30. The molecule has 4 heterocycles. The fraction of sp³-hybridized carbons (Fsp3) is 0.115. The maximum atomic E-state index is 10.6. The number of benzene rings is 2. The van der Waals surface area contributed by atoms with E-state index in [-0.39, 0.29) is 21.6 Å². The minimum Gasteiger partial charge on any atom is -0.475 e. The Labute approximate surface area is 255 Å². The summed E-state index contributed by atoms with van der Waals surface area (Å²) >= 11 is 17.2. The Morgan fingerprint density at radius 1 is 0.791 bits per heavy atom. The van der Waals surface area contributed by atoms with Crippen LogP contribution >= 0.6 is 34.8 Å². The molecule has 11 nitrogen and oxygen atoms in total. The topological polar surface area (TPSA) is 158 Å². The van der Waals surface area contributed by atoms with Crippen molar-refractivity contribution in [3.05, 3.63) is 100 Å². The molecular formula is C26H19Cl3F3N9O2. The third kappa shape index (κ3) is 8.50. The van der Waals surface area contributed by atoms with Crippen LogP contribution in [0.25, 0.3) is 22.3 Å². The second-order valence-electron chi connectivity index (χ2n) is 8.38. The van der Waals surface area contributed by atoms with Crippen LogP contribution in [0.5, 0.6) is 0 Å². The van der Waals surface area contributed by atoms with Crippen LogP contribution in [-0.2, 0) is 4.79 Å². The SMILES string of the molecule is Clc1nc(Cl)c2[nH]cnc2n1.Clc1nc(NCC(c2ccccc2)c2ccccc2)c2[nH]cnc2n1.O=C(O)C(F)(F)F. The largest absolute Gasteiger partial charge is 0.490 e. The van der Waals surface area contributed by atoms with E-state index in [1.54, 1.807) is 6.33 Å². The Balaban J connectivity index is 0.000000193. The third-order valence-corrected chi connectivity index (χ3v) is 6.20. The molecule has 0 saturated heterocycles. The van der Waals surface area contributed by atoms with Crippen molar-refractivity contribution in [1.29, 1.82) is 0 Å². The number of hydrogen-bond donors (Lipinski definition) is 4. The van der Waals surface area contributed by atoms with Crippen LogP contribution in [0.15, 0.2) is 73.3 Å². The van der Waals surface area contributed by atoms with Crippen molar-refractivity contribution in [1.82, 2.24) is 39.9 Å². The first kappa shape index (κ1) is 31.4. The van der Waals surface area contributed by atoms with Crippen molar-refractivity contribution in [2.45, 2.75) is 12.1 Å². The molecule has 0 saturated carbocycles. The van der Waals surface area contributed by atoms with Crippen molar-refractivity contribution < 1.29 is 23.1 Å². The van der Waals surface area contributed by atoms with Gasteiger partial charge in [0.15, 0.2) is 22.3 Å². The first-order valence-electron chi connectivity index (χ1n) is 12.1. The molecule has 0 aliphatic carbocycles. The molecule has 0 amide bonds. The van der Waals surface area contributed by atoms with E-state index >= 15 is 0 Å². The van der Waals surface area contributed by atoms with Gasteiger partial charge in [-0.1, -0.05) is 72.3 Å². The molecule has 0 radical (unpaired) electrons. The van der Waals surface area contributed by atoms with Gasteiger partial charge in [-0.05, 0) is 34.3 Å². The number of aromatic amines is 2. The van der Waals surface area contributed by atoms with Gasteiger partial charge in [-0.15, -0.1) is 0 Å². The monoisotopic (exact) mass is 651 g/mol. The molecule has 0 bridgehead atoms. The molecule has 0 aliphatic heterocycles. The summed E-state index contributed by atoms with van der Waals surface area (Å²) in [5.74, 6) is -1.91. The summed E-state index contributed by atoms with van der Waals surface area (Å²) in [4.78, 5) is 38.7. The number of hydrogen-bond acceptors (Lipinski definition) is 8. The van der Waals surface area contributed by atoms with Gasteiger partial charge in [-0.3, -0.25) is 0 Å². The number of halogens is 6. The van der Waals surface area contributed by atoms with Crippen molar-refractivity contribution in [2.75, 3.05) is 11.9 Å². The standard InChI is InChI=1S/C19H16ClN5.C5H2Cl2N4.C2HF3O2/c20-19-24-17(16-18(25-19)23-12-22-16)21-11-15(13-7-3-1-4-8-13)14-9-5-2-6-10-14;6-3-2-4(9-1-8-2)11-5(7)10-3;3-2(4,5)1(6)7/h1-10,12,15H,11H2,(H2,21,22,23,24,25);1H,(H,8,9,10,11);(H,6,7). The van der Waals surface area contributed by atoms with Crippen molar-refractivity contribution in [3.8, 4) is 0 Å². The van der Waals surface area contributed by atoms with Crippen LogP contribution in [0.4, 0.5) is 19.0 Å². The van der Waals surface area contributed by atoms with Gasteiger partial charge < -0.3 is 20.4 Å². The number of nitrogens with one attached hydrogen (secondary N) is 3. The Hall–Kier alpha value is -4.53.